The Morgan fingerprint density at radius 3 is 2.61 bits per heavy atom. The minimum atomic E-state index is -1.04. The van der Waals surface area contributed by atoms with Crippen LogP contribution in [0.1, 0.15) is 66.7 Å². The molecule has 8 heteroatoms. The molecule has 0 aromatic heterocycles. The Labute approximate surface area is 185 Å². The van der Waals surface area contributed by atoms with E-state index < -0.39 is 41.6 Å². The highest BCUT2D eigenvalue weighted by atomic mass is 16.6. The minimum Gasteiger partial charge on any atom is -0.466 e. The van der Waals surface area contributed by atoms with Crippen LogP contribution in [-0.4, -0.2) is 70.8 Å². The van der Waals surface area contributed by atoms with E-state index in [0.717, 1.165) is 12.8 Å². The first-order valence-electron chi connectivity index (χ1n) is 11.8. The molecule has 3 rings (SSSR count). The van der Waals surface area contributed by atoms with Crippen molar-refractivity contribution in [2.45, 2.75) is 96.6 Å². The van der Waals surface area contributed by atoms with Crippen molar-refractivity contribution in [1.82, 2.24) is 10.2 Å². The van der Waals surface area contributed by atoms with E-state index in [9.17, 15) is 19.5 Å². The molecule has 31 heavy (non-hydrogen) atoms. The summed E-state index contributed by atoms with van der Waals surface area (Å²) in [7, 11) is 0. The van der Waals surface area contributed by atoms with Crippen molar-refractivity contribution in [3.8, 4) is 0 Å². The van der Waals surface area contributed by atoms with E-state index >= 15 is 0 Å². The fraction of sp³-hybridized carbons (Fsp3) is 0.870. The highest BCUT2D eigenvalue weighted by Gasteiger charge is 2.75. The molecule has 176 valence electrons. The average molecular weight is 439 g/mol. The third kappa shape index (κ3) is 4.09. The molecule has 3 saturated heterocycles. The topological polar surface area (TPSA) is 105 Å². The zero-order valence-corrected chi connectivity index (χ0v) is 19.4. The van der Waals surface area contributed by atoms with Crippen LogP contribution in [0, 0.1) is 17.8 Å². The zero-order chi connectivity index (χ0) is 22.9. The first-order valence-corrected chi connectivity index (χ1v) is 11.8. The fourth-order valence-electron chi connectivity index (χ4n) is 5.94. The van der Waals surface area contributed by atoms with Gasteiger partial charge < -0.3 is 24.8 Å². The van der Waals surface area contributed by atoms with Gasteiger partial charge >= 0.3 is 5.97 Å². The molecule has 3 heterocycles. The number of rotatable bonds is 10. The number of fused-ring (bicyclic) bond motifs is 1. The number of carbonyl (C=O) groups is 3. The first kappa shape index (κ1) is 24.0. The van der Waals surface area contributed by atoms with E-state index in [4.69, 9.17) is 9.47 Å². The number of esters is 1. The summed E-state index contributed by atoms with van der Waals surface area (Å²) in [5, 5.41) is 13.2. The third-order valence-corrected chi connectivity index (χ3v) is 7.00. The molecule has 0 aromatic carbocycles. The number of aliphatic hydroxyl groups is 1. The van der Waals surface area contributed by atoms with Crippen molar-refractivity contribution in [1.29, 1.82) is 0 Å². The van der Waals surface area contributed by atoms with Gasteiger partial charge in [-0.15, -0.1) is 0 Å². The molecule has 3 aliphatic heterocycles. The number of nitrogens with zero attached hydrogens (tertiary/aromatic N) is 1. The van der Waals surface area contributed by atoms with Crippen LogP contribution in [0.5, 0.6) is 0 Å². The number of aliphatic hydroxyl groups excluding tert-OH is 1. The number of hydrogen-bond donors (Lipinski definition) is 2. The fourth-order valence-corrected chi connectivity index (χ4v) is 5.94. The van der Waals surface area contributed by atoms with Crippen molar-refractivity contribution >= 4 is 17.8 Å². The van der Waals surface area contributed by atoms with Gasteiger partial charge in [0.1, 0.15) is 11.6 Å². The lowest BCUT2D eigenvalue weighted by molar-refractivity contribution is -0.155. The molecule has 1 unspecified atom stereocenters. The van der Waals surface area contributed by atoms with Gasteiger partial charge in [-0.1, -0.05) is 27.2 Å². The molecular weight excluding hydrogens is 400 g/mol. The Hall–Kier alpha value is -1.67. The summed E-state index contributed by atoms with van der Waals surface area (Å²) in [6.45, 7) is 9.76. The zero-order valence-electron chi connectivity index (χ0n) is 19.4. The maximum atomic E-state index is 13.7. The van der Waals surface area contributed by atoms with Gasteiger partial charge in [0.25, 0.3) is 0 Å². The predicted octanol–water partition coefficient (Wildman–Crippen LogP) is 1.64. The van der Waals surface area contributed by atoms with Gasteiger partial charge in [-0.3, -0.25) is 14.4 Å². The normalized spacial score (nSPS) is 33.5. The maximum absolute atomic E-state index is 13.7. The van der Waals surface area contributed by atoms with Crippen LogP contribution in [0.25, 0.3) is 0 Å². The van der Waals surface area contributed by atoms with Gasteiger partial charge in [0.15, 0.2) is 0 Å². The highest BCUT2D eigenvalue weighted by Crippen LogP contribution is 2.59. The Morgan fingerprint density at radius 1 is 1.32 bits per heavy atom. The van der Waals surface area contributed by atoms with Crippen molar-refractivity contribution in [3.05, 3.63) is 0 Å². The first-order chi connectivity index (χ1) is 14.7. The molecule has 3 fully saturated rings. The molecule has 7 atom stereocenters. The van der Waals surface area contributed by atoms with Crippen LogP contribution in [0.4, 0.5) is 0 Å². The monoisotopic (exact) mass is 438 g/mol. The largest absolute Gasteiger partial charge is 0.466 e. The van der Waals surface area contributed by atoms with Gasteiger partial charge in [0, 0.05) is 6.04 Å². The summed E-state index contributed by atoms with van der Waals surface area (Å²) in [5.74, 6) is -2.19. The Kier molecular flexibility index (Phi) is 7.31. The van der Waals surface area contributed by atoms with Gasteiger partial charge in [0.05, 0.1) is 37.2 Å². The lowest BCUT2D eigenvalue weighted by Gasteiger charge is -2.37. The predicted molar refractivity (Wildman–Crippen MR) is 114 cm³/mol. The number of nitrogens with one attached hydrogen (secondary N) is 1. The molecule has 2 N–H and O–H groups in total. The average Bonchev–Trinajstić information content (AvgIpc) is 3.33. The van der Waals surface area contributed by atoms with Crippen molar-refractivity contribution in [2.24, 2.45) is 17.8 Å². The van der Waals surface area contributed by atoms with Crippen LogP contribution >= 0.6 is 0 Å². The van der Waals surface area contributed by atoms with Crippen molar-refractivity contribution < 1.29 is 29.0 Å². The SMILES string of the molecule is CCCC(C)NC(=O)[C@@H]1N([C@@H](CO)CC(C)C)C(=O)[C@H]2[C@H](C(=O)OCC)[C@@H]3CC[C@]12O3. The molecule has 0 aromatic rings. The van der Waals surface area contributed by atoms with Gasteiger partial charge in [-0.25, -0.2) is 0 Å². The summed E-state index contributed by atoms with van der Waals surface area (Å²) in [5.41, 5.74) is -1.04. The number of ether oxygens (including phenoxy) is 2. The number of likely N-dealkylation sites (tertiary alicyclic amines) is 1. The van der Waals surface area contributed by atoms with Crippen LogP contribution in [-0.2, 0) is 23.9 Å². The van der Waals surface area contributed by atoms with Crippen LogP contribution in [0.15, 0.2) is 0 Å². The summed E-state index contributed by atoms with van der Waals surface area (Å²) in [6, 6.07) is -1.40. The number of hydrogen-bond acceptors (Lipinski definition) is 6. The molecule has 0 radical (unpaired) electrons. The summed E-state index contributed by atoms with van der Waals surface area (Å²) in [6.07, 6.45) is 3.07. The Balaban J connectivity index is 2.00. The molecule has 1 spiro atoms. The van der Waals surface area contributed by atoms with Crippen molar-refractivity contribution in [2.75, 3.05) is 13.2 Å². The quantitative estimate of drug-likeness (QED) is 0.503. The molecule has 2 amide bonds. The maximum Gasteiger partial charge on any atom is 0.312 e. The van der Waals surface area contributed by atoms with E-state index in [1.165, 1.54) is 4.90 Å². The highest BCUT2D eigenvalue weighted by molar-refractivity contribution is 5.98. The van der Waals surface area contributed by atoms with Gasteiger partial charge in [-0.05, 0) is 45.4 Å². The van der Waals surface area contributed by atoms with E-state index in [2.05, 4.69) is 12.2 Å². The smallest absolute Gasteiger partial charge is 0.312 e. The molecular formula is C23H38N2O6. The molecule has 8 nitrogen and oxygen atoms in total. The van der Waals surface area contributed by atoms with Gasteiger partial charge in [-0.2, -0.15) is 0 Å². The summed E-state index contributed by atoms with van der Waals surface area (Å²) < 4.78 is 11.6. The Morgan fingerprint density at radius 2 is 2.03 bits per heavy atom. The molecule has 2 bridgehead atoms. The lowest BCUT2D eigenvalue weighted by atomic mass is 9.70. The Bertz CT molecular complexity index is 698. The van der Waals surface area contributed by atoms with E-state index in [0.29, 0.717) is 19.3 Å². The summed E-state index contributed by atoms with van der Waals surface area (Å²) >= 11 is 0. The second kappa shape index (κ2) is 9.45. The standard InChI is InChI=1S/C23H38N2O6/c1-6-8-14(5)24-20(27)19-23-10-9-16(31-23)17(22(29)30-7-2)18(23)21(28)25(19)15(12-26)11-13(3)4/h13-19,26H,6-12H2,1-5H3,(H,24,27)/t14?,15-,16+,17-,18-,19+,23-/m1/s1. The third-order valence-electron chi connectivity index (χ3n) is 7.00. The lowest BCUT2D eigenvalue weighted by Crippen LogP contribution is -2.59. The molecule has 0 saturated carbocycles. The molecule has 3 aliphatic rings. The van der Waals surface area contributed by atoms with Crippen LogP contribution in [0.2, 0.25) is 0 Å². The molecule has 0 aliphatic carbocycles. The second-order valence-electron chi connectivity index (χ2n) is 9.72. The van der Waals surface area contributed by atoms with Crippen LogP contribution in [0.3, 0.4) is 0 Å². The van der Waals surface area contributed by atoms with Gasteiger partial charge in [0.2, 0.25) is 11.8 Å². The minimum absolute atomic E-state index is 0.0398. The van der Waals surface area contributed by atoms with Crippen molar-refractivity contribution in [3.63, 3.8) is 0 Å². The van der Waals surface area contributed by atoms with E-state index in [1.54, 1.807) is 6.92 Å². The number of amides is 2. The summed E-state index contributed by atoms with van der Waals surface area (Å²) in [4.78, 5) is 41.6. The van der Waals surface area contributed by atoms with E-state index in [1.807, 2.05) is 20.8 Å². The van der Waals surface area contributed by atoms with E-state index in [-0.39, 0.29) is 37.0 Å². The van der Waals surface area contributed by atoms with Crippen LogP contribution < -0.4 is 5.32 Å². The second-order valence-corrected chi connectivity index (χ2v) is 9.72. The number of carbonyl (C=O) groups excluding carboxylic acids is 3.